The highest BCUT2D eigenvalue weighted by molar-refractivity contribution is 9.10. The van der Waals surface area contributed by atoms with Crippen LogP contribution in [0.5, 0.6) is 0 Å². The van der Waals surface area contributed by atoms with Crippen LogP contribution in [0.15, 0.2) is 22.7 Å². The van der Waals surface area contributed by atoms with Gasteiger partial charge >= 0.3 is 0 Å². The zero-order valence-corrected chi connectivity index (χ0v) is 12.8. The molecule has 1 aromatic carbocycles. The predicted molar refractivity (Wildman–Crippen MR) is 77.0 cm³/mol. The zero-order valence-electron chi connectivity index (χ0n) is 11.2. The van der Waals surface area contributed by atoms with Crippen molar-refractivity contribution in [2.24, 2.45) is 5.41 Å². The van der Waals surface area contributed by atoms with Crippen LogP contribution in [0.4, 0.5) is 4.39 Å². The highest BCUT2D eigenvalue weighted by atomic mass is 79.9. The first kappa shape index (κ1) is 14.0. The van der Waals surface area contributed by atoms with Gasteiger partial charge in [-0.15, -0.1) is 0 Å². The average molecular weight is 314 g/mol. The molecule has 1 aliphatic heterocycles. The fourth-order valence-corrected chi connectivity index (χ4v) is 3.11. The highest BCUT2D eigenvalue weighted by Crippen LogP contribution is 2.30. The first-order valence-corrected chi connectivity index (χ1v) is 7.41. The summed E-state index contributed by atoms with van der Waals surface area (Å²) in [7, 11) is 0. The largest absolute Gasteiger partial charge is 0.299 e. The standard InChI is InChI=1S/C15H21BrFN/c1-15(2)4-3-6-18(7-5-15)11-12-8-13(16)10-14(17)9-12/h8-10H,3-7,11H2,1-2H3. The monoisotopic (exact) mass is 313 g/mol. The van der Waals surface area contributed by atoms with Crippen molar-refractivity contribution in [3.05, 3.63) is 34.1 Å². The molecule has 0 bridgehead atoms. The maximum atomic E-state index is 13.3. The molecule has 1 heterocycles. The summed E-state index contributed by atoms with van der Waals surface area (Å²) < 4.78 is 14.2. The first-order chi connectivity index (χ1) is 8.44. The molecule has 1 saturated heterocycles. The molecule has 0 spiro atoms. The molecule has 0 unspecified atom stereocenters. The van der Waals surface area contributed by atoms with Crippen molar-refractivity contribution < 1.29 is 4.39 Å². The maximum Gasteiger partial charge on any atom is 0.124 e. The van der Waals surface area contributed by atoms with Crippen LogP contribution in [-0.2, 0) is 6.54 Å². The fraction of sp³-hybridized carbons (Fsp3) is 0.600. The molecule has 0 saturated carbocycles. The Kier molecular flexibility index (Phi) is 4.44. The molecule has 100 valence electrons. The van der Waals surface area contributed by atoms with E-state index in [1.165, 1.54) is 25.3 Å². The third-order valence-corrected chi connectivity index (χ3v) is 4.22. The Morgan fingerprint density at radius 3 is 2.72 bits per heavy atom. The molecule has 0 aliphatic carbocycles. The molecule has 0 N–H and O–H groups in total. The van der Waals surface area contributed by atoms with Crippen molar-refractivity contribution in [1.29, 1.82) is 0 Å². The Morgan fingerprint density at radius 1 is 1.22 bits per heavy atom. The molecule has 0 radical (unpaired) electrons. The van der Waals surface area contributed by atoms with E-state index in [-0.39, 0.29) is 5.82 Å². The van der Waals surface area contributed by atoms with Gasteiger partial charge in [-0.2, -0.15) is 0 Å². The van der Waals surface area contributed by atoms with E-state index in [1.54, 1.807) is 6.07 Å². The van der Waals surface area contributed by atoms with Crippen molar-refractivity contribution in [2.75, 3.05) is 13.1 Å². The summed E-state index contributed by atoms with van der Waals surface area (Å²) in [6.45, 7) is 7.77. The van der Waals surface area contributed by atoms with Crippen molar-refractivity contribution in [3.63, 3.8) is 0 Å². The Morgan fingerprint density at radius 2 is 2.00 bits per heavy atom. The second-order valence-electron chi connectivity index (χ2n) is 6.07. The Labute approximate surface area is 118 Å². The SMILES string of the molecule is CC1(C)CCCN(Cc2cc(F)cc(Br)c2)CC1. The molecule has 1 nitrogen and oxygen atoms in total. The van der Waals surface area contributed by atoms with Crippen LogP contribution in [-0.4, -0.2) is 18.0 Å². The van der Waals surface area contributed by atoms with Crippen LogP contribution in [0.3, 0.4) is 0 Å². The van der Waals surface area contributed by atoms with Gasteiger partial charge in [0, 0.05) is 11.0 Å². The van der Waals surface area contributed by atoms with Gasteiger partial charge in [0.05, 0.1) is 0 Å². The summed E-state index contributed by atoms with van der Waals surface area (Å²) in [5.74, 6) is -0.158. The smallest absolute Gasteiger partial charge is 0.124 e. The highest BCUT2D eigenvalue weighted by Gasteiger charge is 2.22. The van der Waals surface area contributed by atoms with Crippen LogP contribution in [0.1, 0.15) is 38.7 Å². The number of benzene rings is 1. The van der Waals surface area contributed by atoms with Crippen LogP contribution in [0, 0.1) is 11.2 Å². The van der Waals surface area contributed by atoms with E-state index in [2.05, 4.69) is 34.7 Å². The average Bonchev–Trinajstić information content (AvgIpc) is 2.39. The topological polar surface area (TPSA) is 3.24 Å². The lowest BCUT2D eigenvalue weighted by Crippen LogP contribution is -2.25. The minimum absolute atomic E-state index is 0.158. The summed E-state index contributed by atoms with van der Waals surface area (Å²) >= 11 is 3.35. The summed E-state index contributed by atoms with van der Waals surface area (Å²) in [6.07, 6.45) is 3.75. The van der Waals surface area contributed by atoms with E-state index in [1.807, 2.05) is 6.07 Å². The van der Waals surface area contributed by atoms with E-state index in [9.17, 15) is 4.39 Å². The Bertz CT molecular complexity index is 397. The van der Waals surface area contributed by atoms with E-state index in [4.69, 9.17) is 0 Å². The number of hydrogen-bond donors (Lipinski definition) is 0. The van der Waals surface area contributed by atoms with E-state index in [0.717, 1.165) is 29.7 Å². The fourth-order valence-electron chi connectivity index (χ4n) is 2.60. The Hall–Kier alpha value is -0.410. The van der Waals surface area contributed by atoms with Gasteiger partial charge in [0.15, 0.2) is 0 Å². The van der Waals surface area contributed by atoms with Crippen molar-refractivity contribution in [1.82, 2.24) is 4.90 Å². The number of rotatable bonds is 2. The molecule has 0 aromatic heterocycles. The molecule has 0 atom stereocenters. The molecule has 0 amide bonds. The molecule has 18 heavy (non-hydrogen) atoms. The molecule has 1 fully saturated rings. The van der Waals surface area contributed by atoms with Gasteiger partial charge in [0.25, 0.3) is 0 Å². The van der Waals surface area contributed by atoms with E-state index in [0.29, 0.717) is 5.41 Å². The zero-order chi connectivity index (χ0) is 13.2. The number of hydrogen-bond acceptors (Lipinski definition) is 1. The van der Waals surface area contributed by atoms with Crippen LogP contribution >= 0.6 is 15.9 Å². The first-order valence-electron chi connectivity index (χ1n) is 6.62. The number of halogens is 2. The summed E-state index contributed by atoms with van der Waals surface area (Å²) in [4.78, 5) is 2.44. The third kappa shape index (κ3) is 4.06. The van der Waals surface area contributed by atoms with Crippen LogP contribution < -0.4 is 0 Å². The van der Waals surface area contributed by atoms with Crippen molar-refractivity contribution >= 4 is 15.9 Å². The molecule has 1 aromatic rings. The van der Waals surface area contributed by atoms with Gasteiger partial charge in [-0.05, 0) is 61.5 Å². The van der Waals surface area contributed by atoms with Crippen LogP contribution in [0.2, 0.25) is 0 Å². The lowest BCUT2D eigenvalue weighted by molar-refractivity contribution is 0.255. The molecule has 1 aliphatic rings. The molecular formula is C15H21BrFN. The summed E-state index contributed by atoms with van der Waals surface area (Å²) in [5, 5.41) is 0. The Balaban J connectivity index is 2.00. The minimum Gasteiger partial charge on any atom is -0.299 e. The minimum atomic E-state index is -0.158. The third-order valence-electron chi connectivity index (χ3n) is 3.76. The van der Waals surface area contributed by atoms with E-state index < -0.39 is 0 Å². The van der Waals surface area contributed by atoms with Crippen LogP contribution in [0.25, 0.3) is 0 Å². The normalized spacial score (nSPS) is 20.7. The van der Waals surface area contributed by atoms with Gasteiger partial charge in [-0.3, -0.25) is 4.90 Å². The van der Waals surface area contributed by atoms with Gasteiger partial charge in [0.2, 0.25) is 0 Å². The summed E-state index contributed by atoms with van der Waals surface area (Å²) in [5.41, 5.74) is 1.51. The van der Waals surface area contributed by atoms with E-state index >= 15 is 0 Å². The predicted octanol–water partition coefficient (Wildman–Crippen LogP) is 4.60. The quantitative estimate of drug-likeness (QED) is 0.771. The number of likely N-dealkylation sites (tertiary alicyclic amines) is 1. The van der Waals surface area contributed by atoms with Gasteiger partial charge in [0.1, 0.15) is 5.82 Å². The molecular weight excluding hydrogens is 293 g/mol. The van der Waals surface area contributed by atoms with Crippen molar-refractivity contribution in [2.45, 2.75) is 39.7 Å². The lowest BCUT2D eigenvalue weighted by atomic mass is 9.85. The van der Waals surface area contributed by atoms with Gasteiger partial charge in [-0.25, -0.2) is 4.39 Å². The van der Waals surface area contributed by atoms with Gasteiger partial charge in [-0.1, -0.05) is 29.8 Å². The number of nitrogens with zero attached hydrogens (tertiary/aromatic N) is 1. The van der Waals surface area contributed by atoms with Gasteiger partial charge < -0.3 is 0 Å². The van der Waals surface area contributed by atoms with Crippen molar-refractivity contribution in [3.8, 4) is 0 Å². The second-order valence-corrected chi connectivity index (χ2v) is 6.99. The summed E-state index contributed by atoms with van der Waals surface area (Å²) in [6, 6.07) is 5.16. The second kappa shape index (κ2) is 5.70. The lowest BCUT2D eigenvalue weighted by Gasteiger charge is -2.23. The maximum absolute atomic E-state index is 13.3. The molecule has 3 heteroatoms. The molecule has 2 rings (SSSR count).